The number of esters is 1. The van der Waals surface area contributed by atoms with Gasteiger partial charge in [0.15, 0.2) is 6.61 Å². The Labute approximate surface area is 84.0 Å². The molecule has 0 fully saturated rings. The number of carboxylic acid groups (broad SMARTS) is 1. The number of rotatable bonds is 4. The van der Waals surface area contributed by atoms with Crippen LogP contribution < -0.4 is 0 Å². The largest absolute Gasteiger partial charge is 0.481 e. The van der Waals surface area contributed by atoms with E-state index in [1.165, 1.54) is 13.8 Å². The highest BCUT2D eigenvalue weighted by atomic mass is 19.4. The predicted octanol–water partition coefficient (Wildman–Crippen LogP) is 1.45. The van der Waals surface area contributed by atoms with E-state index in [1.807, 2.05) is 0 Å². The quantitative estimate of drug-likeness (QED) is 0.739. The van der Waals surface area contributed by atoms with Crippen LogP contribution in [0, 0.1) is 11.8 Å². The Kier molecular flexibility index (Phi) is 4.57. The second-order valence-corrected chi connectivity index (χ2v) is 3.14. The Bertz CT molecular complexity index is 249. The zero-order valence-electron chi connectivity index (χ0n) is 8.17. The summed E-state index contributed by atoms with van der Waals surface area (Å²) in [6.07, 6.45) is -4.60. The number of hydrogen-bond acceptors (Lipinski definition) is 3. The normalized spacial score (nSPS) is 15.5. The number of hydrogen-bond donors (Lipinski definition) is 1. The van der Waals surface area contributed by atoms with Gasteiger partial charge in [-0.15, -0.1) is 0 Å². The van der Waals surface area contributed by atoms with Crippen LogP contribution >= 0.6 is 0 Å². The third-order valence-corrected chi connectivity index (χ3v) is 1.89. The molecule has 4 nitrogen and oxygen atoms in total. The molecule has 0 spiro atoms. The van der Waals surface area contributed by atoms with Gasteiger partial charge in [0.05, 0.1) is 11.8 Å². The fraction of sp³-hybridized carbons (Fsp3) is 0.750. The van der Waals surface area contributed by atoms with Gasteiger partial charge in [-0.2, -0.15) is 13.2 Å². The van der Waals surface area contributed by atoms with Crippen LogP contribution in [0.2, 0.25) is 0 Å². The first-order valence-electron chi connectivity index (χ1n) is 4.11. The highest BCUT2D eigenvalue weighted by Gasteiger charge is 2.33. The van der Waals surface area contributed by atoms with Crippen molar-refractivity contribution < 1.29 is 32.6 Å². The van der Waals surface area contributed by atoms with Crippen LogP contribution in [0.1, 0.15) is 13.8 Å². The summed E-state index contributed by atoms with van der Waals surface area (Å²) in [4.78, 5) is 21.4. The van der Waals surface area contributed by atoms with Crippen LogP contribution in [0.5, 0.6) is 0 Å². The third kappa shape index (κ3) is 5.24. The van der Waals surface area contributed by atoms with Gasteiger partial charge in [-0.3, -0.25) is 9.59 Å². The van der Waals surface area contributed by atoms with Gasteiger partial charge in [0.1, 0.15) is 0 Å². The molecule has 0 aliphatic rings. The molecule has 2 atom stereocenters. The molecule has 0 aromatic heterocycles. The van der Waals surface area contributed by atoms with Crippen molar-refractivity contribution in [2.45, 2.75) is 20.0 Å². The first kappa shape index (κ1) is 13.7. The Morgan fingerprint density at radius 2 is 1.73 bits per heavy atom. The molecular weight excluding hydrogens is 217 g/mol. The average molecular weight is 228 g/mol. The fourth-order valence-electron chi connectivity index (χ4n) is 0.702. The summed E-state index contributed by atoms with van der Waals surface area (Å²) in [5.74, 6) is -4.61. The molecule has 0 heterocycles. The molecule has 0 rings (SSSR count). The summed E-state index contributed by atoms with van der Waals surface area (Å²) in [6, 6.07) is 0. The van der Waals surface area contributed by atoms with Crippen LogP contribution in [-0.4, -0.2) is 29.8 Å². The lowest BCUT2D eigenvalue weighted by Gasteiger charge is -2.15. The van der Waals surface area contributed by atoms with Crippen molar-refractivity contribution in [3.63, 3.8) is 0 Å². The Hall–Kier alpha value is -1.27. The summed E-state index contributed by atoms with van der Waals surface area (Å²) < 4.78 is 38.8. The standard InChI is InChI=1S/C8H11F3O4/c1-4(6(12)13)5(2)7(14)15-3-8(9,10)11/h4-5H,3H2,1-2H3,(H,12,13). The van der Waals surface area contributed by atoms with Gasteiger partial charge in [0, 0.05) is 0 Å². The van der Waals surface area contributed by atoms with E-state index < -0.39 is 36.6 Å². The average Bonchev–Trinajstić information content (AvgIpc) is 2.10. The van der Waals surface area contributed by atoms with Crippen LogP contribution in [0.15, 0.2) is 0 Å². The zero-order valence-corrected chi connectivity index (χ0v) is 8.17. The van der Waals surface area contributed by atoms with E-state index >= 15 is 0 Å². The minimum Gasteiger partial charge on any atom is -0.481 e. The predicted molar refractivity (Wildman–Crippen MR) is 43.0 cm³/mol. The number of carboxylic acids is 1. The molecule has 0 saturated carbocycles. The first-order valence-corrected chi connectivity index (χ1v) is 4.11. The van der Waals surface area contributed by atoms with Crippen molar-refractivity contribution in [2.24, 2.45) is 11.8 Å². The summed E-state index contributed by atoms with van der Waals surface area (Å²) in [6.45, 7) is 0.738. The lowest BCUT2D eigenvalue weighted by Crippen LogP contribution is -2.29. The van der Waals surface area contributed by atoms with E-state index in [9.17, 15) is 22.8 Å². The topological polar surface area (TPSA) is 63.6 Å². The van der Waals surface area contributed by atoms with Crippen molar-refractivity contribution in [1.29, 1.82) is 0 Å². The smallest absolute Gasteiger partial charge is 0.422 e. The van der Waals surface area contributed by atoms with E-state index in [-0.39, 0.29) is 0 Å². The minimum atomic E-state index is -4.60. The van der Waals surface area contributed by atoms with E-state index in [1.54, 1.807) is 0 Å². The van der Waals surface area contributed by atoms with Crippen molar-refractivity contribution in [2.75, 3.05) is 6.61 Å². The lowest BCUT2D eigenvalue weighted by atomic mass is 9.96. The molecule has 0 radical (unpaired) electrons. The van der Waals surface area contributed by atoms with Gasteiger partial charge >= 0.3 is 18.1 Å². The SMILES string of the molecule is CC(C(=O)O)C(C)C(=O)OCC(F)(F)F. The Morgan fingerprint density at radius 1 is 1.27 bits per heavy atom. The van der Waals surface area contributed by atoms with Crippen molar-refractivity contribution in [3.05, 3.63) is 0 Å². The highest BCUT2D eigenvalue weighted by molar-refractivity contribution is 5.80. The second kappa shape index (κ2) is 4.99. The van der Waals surface area contributed by atoms with Gasteiger partial charge in [-0.25, -0.2) is 0 Å². The van der Waals surface area contributed by atoms with Gasteiger partial charge in [0.2, 0.25) is 0 Å². The maximum atomic E-state index is 11.6. The molecular formula is C8H11F3O4. The maximum Gasteiger partial charge on any atom is 0.422 e. The van der Waals surface area contributed by atoms with Gasteiger partial charge in [0.25, 0.3) is 0 Å². The van der Waals surface area contributed by atoms with Crippen LogP contribution in [0.4, 0.5) is 13.2 Å². The molecule has 88 valence electrons. The molecule has 0 aliphatic heterocycles. The highest BCUT2D eigenvalue weighted by Crippen LogP contribution is 2.18. The number of halogens is 3. The molecule has 0 aromatic carbocycles. The van der Waals surface area contributed by atoms with Crippen LogP contribution in [-0.2, 0) is 14.3 Å². The first-order chi connectivity index (χ1) is 6.65. The molecule has 0 aromatic rings. The molecule has 2 unspecified atom stereocenters. The van der Waals surface area contributed by atoms with E-state index in [2.05, 4.69) is 4.74 Å². The summed E-state index contributed by atoms with van der Waals surface area (Å²) in [5, 5.41) is 8.50. The third-order valence-electron chi connectivity index (χ3n) is 1.89. The van der Waals surface area contributed by atoms with Gasteiger partial charge in [-0.1, -0.05) is 13.8 Å². The summed E-state index contributed by atoms with van der Waals surface area (Å²) in [5.41, 5.74) is 0. The van der Waals surface area contributed by atoms with Crippen LogP contribution in [0.25, 0.3) is 0 Å². The van der Waals surface area contributed by atoms with Gasteiger partial charge < -0.3 is 9.84 Å². The second-order valence-electron chi connectivity index (χ2n) is 3.14. The number of alkyl halides is 3. The van der Waals surface area contributed by atoms with Crippen molar-refractivity contribution >= 4 is 11.9 Å². The van der Waals surface area contributed by atoms with Gasteiger partial charge in [-0.05, 0) is 0 Å². The molecule has 15 heavy (non-hydrogen) atoms. The number of carbonyl (C=O) groups is 2. The molecule has 0 aliphatic carbocycles. The lowest BCUT2D eigenvalue weighted by molar-refractivity contribution is -0.190. The summed E-state index contributed by atoms with van der Waals surface area (Å²) >= 11 is 0. The van der Waals surface area contributed by atoms with E-state index in [0.29, 0.717) is 0 Å². The number of ether oxygens (including phenoxy) is 1. The monoisotopic (exact) mass is 228 g/mol. The number of carbonyl (C=O) groups excluding carboxylic acids is 1. The fourth-order valence-corrected chi connectivity index (χ4v) is 0.702. The molecule has 0 amide bonds. The number of aliphatic carboxylic acids is 1. The van der Waals surface area contributed by atoms with Crippen LogP contribution in [0.3, 0.4) is 0 Å². The van der Waals surface area contributed by atoms with Crippen molar-refractivity contribution in [3.8, 4) is 0 Å². The maximum absolute atomic E-state index is 11.6. The minimum absolute atomic E-state index is 1.08. The van der Waals surface area contributed by atoms with E-state index in [4.69, 9.17) is 5.11 Å². The van der Waals surface area contributed by atoms with E-state index in [0.717, 1.165) is 0 Å². The Morgan fingerprint density at radius 3 is 2.07 bits per heavy atom. The zero-order chi connectivity index (χ0) is 12.2. The molecule has 0 saturated heterocycles. The Balaban J connectivity index is 4.17. The summed E-state index contributed by atoms with van der Waals surface area (Å²) in [7, 11) is 0. The molecule has 7 heteroatoms. The molecule has 1 N–H and O–H groups in total. The molecule has 0 bridgehead atoms. The van der Waals surface area contributed by atoms with Crippen molar-refractivity contribution in [1.82, 2.24) is 0 Å².